The standard InChI is InChI=1S/C23H21FN4O4/c1-12-16(15-6-7-26-21(25)20(15)28(30)31)9-14(24)10-18(12)27-22(29)13-4-5-17-19(8-13)32-11-23(17,2)3/h4-10H,11H2,1-3H3,(H2,25,26)(H,27,29). The molecule has 2 heterocycles. The van der Waals surface area contributed by atoms with Crippen LogP contribution in [0, 0.1) is 22.9 Å². The maximum atomic E-state index is 14.5. The van der Waals surface area contributed by atoms with Crippen molar-refractivity contribution >= 4 is 23.1 Å². The lowest BCUT2D eigenvalue weighted by atomic mass is 9.86. The molecule has 3 aromatic rings. The lowest BCUT2D eigenvalue weighted by Gasteiger charge is -2.16. The first-order valence-corrected chi connectivity index (χ1v) is 9.86. The van der Waals surface area contributed by atoms with E-state index in [9.17, 15) is 19.3 Å². The van der Waals surface area contributed by atoms with E-state index in [1.165, 1.54) is 18.3 Å². The van der Waals surface area contributed by atoms with E-state index in [0.717, 1.165) is 11.6 Å². The highest BCUT2D eigenvalue weighted by Gasteiger charge is 2.32. The number of anilines is 2. The molecule has 0 unspecified atom stereocenters. The fourth-order valence-electron chi connectivity index (χ4n) is 3.84. The topological polar surface area (TPSA) is 120 Å². The van der Waals surface area contributed by atoms with Gasteiger partial charge in [0.1, 0.15) is 11.6 Å². The minimum Gasteiger partial charge on any atom is -0.492 e. The van der Waals surface area contributed by atoms with Gasteiger partial charge in [0.05, 0.1) is 17.1 Å². The van der Waals surface area contributed by atoms with E-state index < -0.39 is 22.3 Å². The average molecular weight is 436 g/mol. The fourth-order valence-corrected chi connectivity index (χ4v) is 3.84. The molecule has 1 aliphatic heterocycles. The van der Waals surface area contributed by atoms with Gasteiger partial charge in [-0.15, -0.1) is 0 Å². The molecule has 3 N–H and O–H groups in total. The van der Waals surface area contributed by atoms with E-state index in [1.54, 1.807) is 19.1 Å². The predicted molar refractivity (Wildman–Crippen MR) is 118 cm³/mol. The third kappa shape index (κ3) is 3.62. The number of fused-ring (bicyclic) bond motifs is 1. The van der Waals surface area contributed by atoms with Gasteiger partial charge in [-0.3, -0.25) is 14.9 Å². The van der Waals surface area contributed by atoms with E-state index in [-0.39, 0.29) is 28.0 Å². The summed E-state index contributed by atoms with van der Waals surface area (Å²) < 4.78 is 20.2. The van der Waals surface area contributed by atoms with Crippen LogP contribution in [0.15, 0.2) is 42.6 Å². The quantitative estimate of drug-likeness (QED) is 0.455. The Hall–Kier alpha value is -4.01. The van der Waals surface area contributed by atoms with Gasteiger partial charge in [0.25, 0.3) is 5.91 Å². The Kier molecular flexibility index (Phi) is 5.04. The van der Waals surface area contributed by atoms with Crippen LogP contribution in [0.2, 0.25) is 0 Å². The number of nitrogens with two attached hydrogens (primary N) is 1. The number of rotatable bonds is 4. The molecule has 0 spiro atoms. The van der Waals surface area contributed by atoms with E-state index >= 15 is 0 Å². The number of nitro groups is 1. The molecule has 1 aliphatic rings. The van der Waals surface area contributed by atoms with Gasteiger partial charge in [0.2, 0.25) is 5.82 Å². The van der Waals surface area contributed by atoms with Crippen LogP contribution in [0.1, 0.15) is 35.3 Å². The minimum absolute atomic E-state index is 0.114. The summed E-state index contributed by atoms with van der Waals surface area (Å²) in [5.41, 5.74) is 7.48. The van der Waals surface area contributed by atoms with Crippen molar-refractivity contribution in [2.75, 3.05) is 17.7 Å². The van der Waals surface area contributed by atoms with E-state index in [2.05, 4.69) is 24.1 Å². The summed E-state index contributed by atoms with van der Waals surface area (Å²) in [5.74, 6) is -0.751. The van der Waals surface area contributed by atoms with E-state index in [1.807, 2.05) is 6.07 Å². The Bertz CT molecular complexity index is 1270. The summed E-state index contributed by atoms with van der Waals surface area (Å²) in [6, 6.07) is 8.92. The number of halogens is 1. The number of nitrogens with zero attached hydrogens (tertiary/aromatic N) is 2. The van der Waals surface area contributed by atoms with E-state index in [0.29, 0.717) is 23.5 Å². The van der Waals surface area contributed by atoms with Gasteiger partial charge in [0, 0.05) is 28.4 Å². The molecule has 0 radical (unpaired) electrons. The van der Waals surface area contributed by atoms with Gasteiger partial charge in [-0.05, 0) is 48.4 Å². The summed E-state index contributed by atoms with van der Waals surface area (Å²) in [7, 11) is 0. The lowest BCUT2D eigenvalue weighted by Crippen LogP contribution is -2.18. The number of hydrogen-bond donors (Lipinski definition) is 2. The number of nitrogens with one attached hydrogen (secondary N) is 1. The summed E-state index contributed by atoms with van der Waals surface area (Å²) in [5, 5.41) is 14.2. The molecule has 164 valence electrons. The van der Waals surface area contributed by atoms with Crippen LogP contribution in [0.4, 0.5) is 21.6 Å². The Morgan fingerprint density at radius 3 is 2.72 bits per heavy atom. The SMILES string of the molecule is Cc1c(NC(=O)c2ccc3c(c2)OCC3(C)C)cc(F)cc1-c1ccnc(N)c1[N+](=O)[O-]. The van der Waals surface area contributed by atoms with Crippen molar-refractivity contribution in [3.63, 3.8) is 0 Å². The molecular weight excluding hydrogens is 415 g/mol. The van der Waals surface area contributed by atoms with Crippen LogP contribution in [-0.2, 0) is 5.41 Å². The number of aromatic nitrogens is 1. The first kappa shape index (κ1) is 21.2. The van der Waals surface area contributed by atoms with Gasteiger partial charge in [-0.25, -0.2) is 9.37 Å². The van der Waals surface area contributed by atoms with Gasteiger partial charge in [-0.1, -0.05) is 19.9 Å². The van der Waals surface area contributed by atoms with Crippen molar-refractivity contribution < 1.29 is 18.8 Å². The lowest BCUT2D eigenvalue weighted by molar-refractivity contribution is -0.383. The molecule has 32 heavy (non-hydrogen) atoms. The third-order valence-corrected chi connectivity index (χ3v) is 5.61. The smallest absolute Gasteiger partial charge is 0.318 e. The molecule has 0 aliphatic carbocycles. The normalized spacial score (nSPS) is 13.9. The second kappa shape index (κ2) is 7.60. The molecule has 1 aromatic heterocycles. The number of carbonyl (C=O) groups is 1. The molecule has 0 fully saturated rings. The first-order valence-electron chi connectivity index (χ1n) is 9.86. The molecule has 0 atom stereocenters. The molecule has 2 aromatic carbocycles. The van der Waals surface area contributed by atoms with Crippen molar-refractivity contribution in [2.24, 2.45) is 0 Å². The molecular formula is C23H21FN4O4. The predicted octanol–water partition coefficient (Wildman–Crippen LogP) is 4.61. The van der Waals surface area contributed by atoms with Crippen LogP contribution in [0.25, 0.3) is 11.1 Å². The fraction of sp³-hybridized carbons (Fsp3) is 0.217. The maximum absolute atomic E-state index is 14.5. The van der Waals surface area contributed by atoms with E-state index in [4.69, 9.17) is 10.5 Å². The number of benzene rings is 2. The van der Waals surface area contributed by atoms with Crippen molar-refractivity contribution in [1.29, 1.82) is 0 Å². The molecule has 4 rings (SSSR count). The van der Waals surface area contributed by atoms with Crippen LogP contribution in [-0.4, -0.2) is 22.4 Å². The molecule has 1 amide bonds. The Labute approximate surface area is 183 Å². The maximum Gasteiger partial charge on any atom is 0.318 e. The van der Waals surface area contributed by atoms with Crippen molar-refractivity contribution in [2.45, 2.75) is 26.2 Å². The van der Waals surface area contributed by atoms with Gasteiger partial charge >= 0.3 is 5.69 Å². The Morgan fingerprint density at radius 2 is 2.00 bits per heavy atom. The zero-order valence-corrected chi connectivity index (χ0v) is 17.7. The second-order valence-corrected chi connectivity index (χ2v) is 8.31. The summed E-state index contributed by atoms with van der Waals surface area (Å²) in [6.45, 7) is 6.27. The molecule has 8 nitrogen and oxygen atoms in total. The van der Waals surface area contributed by atoms with Crippen molar-refractivity contribution in [3.8, 4) is 16.9 Å². The van der Waals surface area contributed by atoms with Crippen LogP contribution in [0.5, 0.6) is 5.75 Å². The van der Waals surface area contributed by atoms with Crippen molar-refractivity contribution in [1.82, 2.24) is 4.98 Å². The number of hydrogen-bond acceptors (Lipinski definition) is 6. The van der Waals surface area contributed by atoms with Crippen LogP contribution in [0.3, 0.4) is 0 Å². The van der Waals surface area contributed by atoms with Crippen LogP contribution >= 0.6 is 0 Å². The summed E-state index contributed by atoms with van der Waals surface area (Å²) in [6.07, 6.45) is 1.31. The minimum atomic E-state index is -0.662. The zero-order valence-electron chi connectivity index (χ0n) is 17.7. The number of ether oxygens (including phenoxy) is 1. The van der Waals surface area contributed by atoms with Gasteiger partial charge in [0.15, 0.2) is 0 Å². The number of nitrogen functional groups attached to an aromatic ring is 1. The highest BCUT2D eigenvalue weighted by atomic mass is 19.1. The van der Waals surface area contributed by atoms with Crippen LogP contribution < -0.4 is 15.8 Å². The second-order valence-electron chi connectivity index (χ2n) is 8.31. The Morgan fingerprint density at radius 1 is 1.25 bits per heavy atom. The number of amides is 1. The summed E-state index contributed by atoms with van der Waals surface area (Å²) in [4.78, 5) is 27.5. The van der Waals surface area contributed by atoms with Crippen molar-refractivity contribution in [3.05, 3.63) is 75.2 Å². The largest absolute Gasteiger partial charge is 0.492 e. The molecule has 9 heteroatoms. The zero-order chi connectivity index (χ0) is 23.2. The first-order chi connectivity index (χ1) is 15.1. The monoisotopic (exact) mass is 436 g/mol. The highest BCUT2D eigenvalue weighted by molar-refractivity contribution is 6.05. The number of pyridine rings is 1. The number of carbonyl (C=O) groups excluding carboxylic acids is 1. The van der Waals surface area contributed by atoms with Gasteiger partial charge < -0.3 is 15.8 Å². The third-order valence-electron chi connectivity index (χ3n) is 5.61. The molecule has 0 saturated heterocycles. The molecule has 0 saturated carbocycles. The average Bonchev–Trinajstić information content (AvgIpc) is 3.04. The Balaban J connectivity index is 1.71. The highest BCUT2D eigenvalue weighted by Crippen LogP contribution is 2.40. The van der Waals surface area contributed by atoms with Gasteiger partial charge in [-0.2, -0.15) is 0 Å². The summed E-state index contributed by atoms with van der Waals surface area (Å²) >= 11 is 0. The molecule has 0 bridgehead atoms.